The highest BCUT2D eigenvalue weighted by molar-refractivity contribution is 5.90. The number of rotatable bonds is 6. The third-order valence-corrected chi connectivity index (χ3v) is 5.89. The van der Waals surface area contributed by atoms with E-state index in [0.29, 0.717) is 41.0 Å². The number of nitrogens with one attached hydrogen (secondary N) is 2. The Morgan fingerprint density at radius 2 is 2.06 bits per heavy atom. The average molecular weight is 464 g/mol. The number of phenols is 1. The Hall–Kier alpha value is -4.14. The predicted molar refractivity (Wildman–Crippen MR) is 128 cm³/mol. The van der Waals surface area contributed by atoms with Gasteiger partial charge in [0.05, 0.1) is 11.4 Å². The number of benzene rings is 2. The van der Waals surface area contributed by atoms with Crippen LogP contribution >= 0.6 is 0 Å². The lowest BCUT2D eigenvalue weighted by Gasteiger charge is -2.21. The number of aromatic nitrogens is 1. The van der Waals surface area contributed by atoms with E-state index >= 15 is 0 Å². The van der Waals surface area contributed by atoms with E-state index in [-0.39, 0.29) is 35.7 Å². The first-order valence-electron chi connectivity index (χ1n) is 10.9. The van der Waals surface area contributed by atoms with Crippen LogP contribution in [0.1, 0.15) is 24.0 Å². The van der Waals surface area contributed by atoms with Gasteiger partial charge in [-0.05, 0) is 55.3 Å². The van der Waals surface area contributed by atoms with E-state index in [1.54, 1.807) is 42.3 Å². The topological polar surface area (TPSA) is 121 Å². The van der Waals surface area contributed by atoms with Gasteiger partial charge in [0.15, 0.2) is 0 Å². The number of aryl methyl sites for hydroxylation is 1. The number of phenolic OH excluding ortho intramolecular Hbond substituents is 1. The number of carbonyl (C=O) groups excluding carboxylic acids is 2. The van der Waals surface area contributed by atoms with Crippen LogP contribution in [0, 0.1) is 12.7 Å². The van der Waals surface area contributed by atoms with Gasteiger partial charge in [0, 0.05) is 36.8 Å². The van der Waals surface area contributed by atoms with Crippen molar-refractivity contribution in [1.82, 2.24) is 15.6 Å². The molecule has 5 N–H and O–H groups in total. The van der Waals surface area contributed by atoms with Gasteiger partial charge in [-0.2, -0.15) is 0 Å². The Bertz CT molecular complexity index is 1260. The summed E-state index contributed by atoms with van der Waals surface area (Å²) in [7, 11) is 1.74. The molecule has 1 saturated heterocycles. The van der Waals surface area contributed by atoms with Crippen molar-refractivity contribution in [1.29, 1.82) is 0 Å². The standard InChI is InChI=1S/C25H26FN5O3/c1-14-3-8-21(18(26)11-14)31(2)16-5-9-22(32)17(12-16)19-6-4-15(24(27)30-19)13-28-25(34)20-7-10-23(33)29-20/h3-6,8-9,11-12,20,32H,7,10,13H2,1-2H3,(H2,27,30)(H,28,34)(H,29,33). The third-order valence-electron chi connectivity index (χ3n) is 5.89. The second kappa shape index (κ2) is 9.38. The third kappa shape index (κ3) is 4.78. The maximum Gasteiger partial charge on any atom is 0.242 e. The molecule has 1 fully saturated rings. The number of nitrogens with zero attached hydrogens (tertiary/aromatic N) is 2. The van der Waals surface area contributed by atoms with E-state index in [9.17, 15) is 19.1 Å². The minimum Gasteiger partial charge on any atom is -0.507 e. The van der Waals surface area contributed by atoms with E-state index in [0.717, 1.165) is 5.56 Å². The first-order valence-corrected chi connectivity index (χ1v) is 10.9. The van der Waals surface area contributed by atoms with Crippen LogP contribution in [-0.4, -0.2) is 35.0 Å². The summed E-state index contributed by atoms with van der Waals surface area (Å²) in [5.74, 6) is -0.542. The summed E-state index contributed by atoms with van der Waals surface area (Å²) in [6, 6.07) is 12.8. The lowest BCUT2D eigenvalue weighted by Crippen LogP contribution is -2.41. The minimum atomic E-state index is -0.531. The van der Waals surface area contributed by atoms with E-state index in [1.165, 1.54) is 12.1 Å². The molecular formula is C25H26FN5O3. The molecule has 1 atom stereocenters. The van der Waals surface area contributed by atoms with Crippen molar-refractivity contribution in [2.24, 2.45) is 0 Å². The Morgan fingerprint density at radius 1 is 1.26 bits per heavy atom. The molecule has 2 heterocycles. The van der Waals surface area contributed by atoms with Crippen molar-refractivity contribution in [2.75, 3.05) is 17.7 Å². The molecule has 176 valence electrons. The molecular weight excluding hydrogens is 437 g/mol. The Morgan fingerprint density at radius 3 is 2.74 bits per heavy atom. The van der Waals surface area contributed by atoms with E-state index in [4.69, 9.17) is 5.73 Å². The lowest BCUT2D eigenvalue weighted by molar-refractivity contribution is -0.125. The van der Waals surface area contributed by atoms with Crippen LogP contribution < -0.4 is 21.3 Å². The molecule has 1 aliphatic heterocycles. The van der Waals surface area contributed by atoms with Crippen molar-refractivity contribution in [3.63, 3.8) is 0 Å². The van der Waals surface area contributed by atoms with Crippen LogP contribution in [0.25, 0.3) is 11.3 Å². The van der Waals surface area contributed by atoms with Gasteiger partial charge in [0.25, 0.3) is 0 Å². The molecule has 0 aliphatic carbocycles. The molecule has 4 rings (SSSR count). The number of anilines is 3. The number of aromatic hydroxyl groups is 1. The van der Waals surface area contributed by atoms with Gasteiger partial charge in [-0.15, -0.1) is 0 Å². The largest absolute Gasteiger partial charge is 0.507 e. The van der Waals surface area contributed by atoms with Crippen molar-refractivity contribution < 1.29 is 19.1 Å². The zero-order valence-corrected chi connectivity index (χ0v) is 18.9. The molecule has 9 heteroatoms. The molecule has 8 nitrogen and oxygen atoms in total. The summed E-state index contributed by atoms with van der Waals surface area (Å²) in [6.07, 6.45) is 0.804. The molecule has 0 radical (unpaired) electrons. The molecule has 1 aromatic heterocycles. The fraction of sp³-hybridized carbons (Fsp3) is 0.240. The SMILES string of the molecule is Cc1ccc(N(C)c2ccc(O)c(-c3ccc(CNC(=O)C4CCC(=O)N4)c(N)n3)c2)c(F)c1. The highest BCUT2D eigenvalue weighted by Gasteiger charge is 2.27. The number of pyridine rings is 1. The molecule has 1 aliphatic rings. The van der Waals surface area contributed by atoms with Crippen LogP contribution in [0.3, 0.4) is 0 Å². The van der Waals surface area contributed by atoms with Crippen LogP contribution in [0.15, 0.2) is 48.5 Å². The zero-order valence-electron chi connectivity index (χ0n) is 18.9. The molecule has 2 amide bonds. The molecule has 1 unspecified atom stereocenters. The van der Waals surface area contributed by atoms with Crippen LogP contribution in [0.2, 0.25) is 0 Å². The van der Waals surface area contributed by atoms with Crippen molar-refractivity contribution in [3.05, 3.63) is 65.5 Å². The quantitative estimate of drug-likeness (QED) is 0.446. The van der Waals surface area contributed by atoms with E-state index in [2.05, 4.69) is 15.6 Å². The van der Waals surface area contributed by atoms with Crippen LogP contribution in [0.4, 0.5) is 21.6 Å². The first kappa shape index (κ1) is 23.0. The summed E-state index contributed by atoms with van der Waals surface area (Å²) < 4.78 is 14.5. The molecule has 2 aromatic carbocycles. The molecule has 0 bridgehead atoms. The van der Waals surface area contributed by atoms with E-state index in [1.807, 2.05) is 13.0 Å². The van der Waals surface area contributed by atoms with Gasteiger partial charge in [-0.3, -0.25) is 9.59 Å². The second-order valence-corrected chi connectivity index (χ2v) is 8.33. The molecule has 0 spiro atoms. The number of hydrogen-bond donors (Lipinski definition) is 4. The smallest absolute Gasteiger partial charge is 0.242 e. The number of nitrogen functional groups attached to an aromatic ring is 1. The Balaban J connectivity index is 1.53. The van der Waals surface area contributed by atoms with Gasteiger partial charge >= 0.3 is 0 Å². The molecule has 0 saturated carbocycles. The monoisotopic (exact) mass is 463 g/mol. The first-order chi connectivity index (χ1) is 16.2. The number of nitrogens with two attached hydrogens (primary N) is 1. The Kier molecular flexibility index (Phi) is 6.36. The van der Waals surface area contributed by atoms with Gasteiger partial charge in [0.2, 0.25) is 11.8 Å². The number of amides is 2. The minimum absolute atomic E-state index is 0.00598. The summed E-state index contributed by atoms with van der Waals surface area (Å²) in [5, 5.41) is 15.8. The van der Waals surface area contributed by atoms with Gasteiger partial charge in [0.1, 0.15) is 23.4 Å². The summed E-state index contributed by atoms with van der Waals surface area (Å²) >= 11 is 0. The lowest BCUT2D eigenvalue weighted by atomic mass is 10.1. The highest BCUT2D eigenvalue weighted by Crippen LogP contribution is 2.35. The van der Waals surface area contributed by atoms with Crippen LogP contribution in [0.5, 0.6) is 5.75 Å². The van der Waals surface area contributed by atoms with Crippen molar-refractivity contribution in [2.45, 2.75) is 32.4 Å². The summed E-state index contributed by atoms with van der Waals surface area (Å²) in [4.78, 5) is 29.6. The van der Waals surface area contributed by atoms with Gasteiger partial charge < -0.3 is 26.4 Å². The van der Waals surface area contributed by atoms with E-state index < -0.39 is 6.04 Å². The normalized spacial score (nSPS) is 15.1. The molecule has 34 heavy (non-hydrogen) atoms. The maximum atomic E-state index is 14.5. The van der Waals surface area contributed by atoms with Crippen molar-refractivity contribution >= 4 is 29.0 Å². The molecule has 3 aromatic rings. The Labute approximate surface area is 196 Å². The highest BCUT2D eigenvalue weighted by atomic mass is 19.1. The van der Waals surface area contributed by atoms with Gasteiger partial charge in [-0.25, -0.2) is 9.37 Å². The number of carbonyl (C=O) groups is 2. The zero-order chi connectivity index (χ0) is 24.4. The van der Waals surface area contributed by atoms with Gasteiger partial charge in [-0.1, -0.05) is 12.1 Å². The number of halogens is 1. The predicted octanol–water partition coefficient (Wildman–Crippen LogP) is 3.15. The number of hydrogen-bond acceptors (Lipinski definition) is 6. The fourth-order valence-corrected chi connectivity index (χ4v) is 3.88. The second-order valence-electron chi connectivity index (χ2n) is 8.33. The van der Waals surface area contributed by atoms with Crippen molar-refractivity contribution in [3.8, 4) is 17.0 Å². The van der Waals surface area contributed by atoms with Crippen LogP contribution in [-0.2, 0) is 16.1 Å². The average Bonchev–Trinajstić information content (AvgIpc) is 3.24. The summed E-state index contributed by atoms with van der Waals surface area (Å²) in [6.45, 7) is 1.98. The maximum absolute atomic E-state index is 14.5. The summed E-state index contributed by atoms with van der Waals surface area (Å²) in [5.41, 5.74) is 9.49. The fourth-order valence-electron chi connectivity index (χ4n) is 3.88.